The Labute approximate surface area is 154 Å². The molecule has 1 aromatic carbocycles. The van der Waals surface area contributed by atoms with Crippen LogP contribution in [0.3, 0.4) is 0 Å². The molecule has 0 aliphatic rings. The Balaban J connectivity index is 1.69. The number of amides is 1. The van der Waals surface area contributed by atoms with Crippen molar-refractivity contribution >= 4 is 52.2 Å². The molecule has 1 amide bonds. The average Bonchev–Trinajstić information content (AvgIpc) is 3.04. The van der Waals surface area contributed by atoms with E-state index in [1.54, 1.807) is 48.2 Å². The molecule has 124 valence electrons. The number of hydrogen-bond donors (Lipinski definition) is 1. The molecule has 3 nitrogen and oxygen atoms in total. The number of carbonyl (C=O) groups is 1. The van der Waals surface area contributed by atoms with Gasteiger partial charge in [-0.25, -0.2) is 0 Å². The number of carbonyl (C=O) groups excluding carboxylic acids is 1. The minimum Gasteiger partial charge on any atom is -0.479 e. The van der Waals surface area contributed by atoms with Gasteiger partial charge in [-0.15, -0.1) is 11.3 Å². The predicted octanol–water partition coefficient (Wildman–Crippen LogP) is 4.87. The summed E-state index contributed by atoms with van der Waals surface area (Å²) in [4.78, 5) is 13.4. The molecule has 23 heavy (non-hydrogen) atoms. The number of hydrogen-bond acceptors (Lipinski definition) is 4. The Kier molecular flexibility index (Phi) is 7.56. The second-order valence-electron chi connectivity index (χ2n) is 4.74. The first-order valence-corrected chi connectivity index (χ1v) is 9.85. The van der Waals surface area contributed by atoms with Gasteiger partial charge in [-0.3, -0.25) is 4.79 Å². The second-order valence-corrected chi connectivity index (χ2v) is 7.66. The topological polar surface area (TPSA) is 38.3 Å². The van der Waals surface area contributed by atoms with Gasteiger partial charge in [0.05, 0.1) is 5.02 Å². The van der Waals surface area contributed by atoms with Crippen molar-refractivity contribution in [3.63, 3.8) is 0 Å². The van der Waals surface area contributed by atoms with Gasteiger partial charge in [-0.2, -0.15) is 11.8 Å². The zero-order chi connectivity index (χ0) is 16.7. The number of thioether (sulfide) groups is 1. The Morgan fingerprint density at radius 3 is 2.91 bits per heavy atom. The molecule has 1 N–H and O–H groups in total. The van der Waals surface area contributed by atoms with Crippen LogP contribution in [0.1, 0.15) is 11.8 Å². The van der Waals surface area contributed by atoms with Crippen LogP contribution in [0.25, 0.3) is 0 Å². The highest BCUT2D eigenvalue weighted by atomic mass is 35.5. The Morgan fingerprint density at radius 1 is 1.35 bits per heavy atom. The molecule has 1 heterocycles. The third kappa shape index (κ3) is 5.92. The molecule has 7 heteroatoms. The van der Waals surface area contributed by atoms with Crippen LogP contribution in [0.4, 0.5) is 0 Å². The highest BCUT2D eigenvalue weighted by Crippen LogP contribution is 2.32. The molecule has 0 fully saturated rings. The maximum Gasteiger partial charge on any atom is 0.260 e. The van der Waals surface area contributed by atoms with Crippen LogP contribution in [0.5, 0.6) is 5.75 Å². The van der Waals surface area contributed by atoms with Gasteiger partial charge in [0, 0.05) is 22.9 Å². The van der Waals surface area contributed by atoms with Crippen LogP contribution in [0.2, 0.25) is 10.0 Å². The Bertz CT molecular complexity index is 635. The lowest BCUT2D eigenvalue weighted by molar-refractivity contribution is -0.127. The van der Waals surface area contributed by atoms with Crippen molar-refractivity contribution in [1.29, 1.82) is 0 Å². The van der Waals surface area contributed by atoms with Gasteiger partial charge in [0.2, 0.25) is 0 Å². The number of ether oxygens (including phenoxy) is 1. The molecule has 1 unspecified atom stereocenters. The summed E-state index contributed by atoms with van der Waals surface area (Å²) in [5, 5.41) is 5.65. The van der Waals surface area contributed by atoms with Crippen molar-refractivity contribution in [2.75, 3.05) is 12.3 Å². The summed E-state index contributed by atoms with van der Waals surface area (Å²) in [5.41, 5.74) is 0. The van der Waals surface area contributed by atoms with Crippen molar-refractivity contribution in [2.45, 2.75) is 18.8 Å². The zero-order valence-corrected chi connectivity index (χ0v) is 15.7. The predicted molar refractivity (Wildman–Crippen MR) is 100 cm³/mol. The highest BCUT2D eigenvalue weighted by molar-refractivity contribution is 7.98. The highest BCUT2D eigenvalue weighted by Gasteiger charge is 2.16. The molecule has 0 aliphatic carbocycles. The molecule has 1 aromatic heterocycles. The van der Waals surface area contributed by atoms with E-state index in [-0.39, 0.29) is 5.91 Å². The molecule has 0 spiro atoms. The van der Waals surface area contributed by atoms with Crippen LogP contribution in [0.15, 0.2) is 35.7 Å². The van der Waals surface area contributed by atoms with Gasteiger partial charge in [0.1, 0.15) is 10.8 Å². The fourth-order valence-corrected chi connectivity index (χ4v) is 3.81. The average molecular weight is 390 g/mol. The Hall–Kier alpha value is -0.880. The van der Waals surface area contributed by atoms with Gasteiger partial charge >= 0.3 is 0 Å². The number of thiophene rings is 1. The van der Waals surface area contributed by atoms with E-state index in [0.29, 0.717) is 22.3 Å². The van der Waals surface area contributed by atoms with E-state index < -0.39 is 6.10 Å². The summed E-state index contributed by atoms with van der Waals surface area (Å²) in [6.07, 6.45) is -0.631. The summed E-state index contributed by atoms with van der Waals surface area (Å²) in [6.45, 7) is 2.29. The molecule has 0 saturated heterocycles. The normalized spacial score (nSPS) is 12.0. The minimum atomic E-state index is -0.631. The van der Waals surface area contributed by atoms with Gasteiger partial charge in [-0.1, -0.05) is 35.3 Å². The van der Waals surface area contributed by atoms with Gasteiger partial charge in [0.15, 0.2) is 6.10 Å². The third-order valence-electron chi connectivity index (χ3n) is 2.96. The molecule has 0 aliphatic heterocycles. The quantitative estimate of drug-likeness (QED) is 0.654. The van der Waals surface area contributed by atoms with Crippen molar-refractivity contribution < 1.29 is 9.53 Å². The summed E-state index contributed by atoms with van der Waals surface area (Å²) in [5.74, 6) is 2.07. The van der Waals surface area contributed by atoms with Crippen molar-refractivity contribution in [3.05, 3.63) is 50.6 Å². The fourth-order valence-electron chi connectivity index (χ4n) is 1.78. The monoisotopic (exact) mass is 389 g/mol. The summed E-state index contributed by atoms with van der Waals surface area (Å²) < 4.78 is 5.57. The molecule has 2 rings (SSSR count). The van der Waals surface area contributed by atoms with Gasteiger partial charge in [0.25, 0.3) is 5.91 Å². The maximum atomic E-state index is 12.0. The van der Waals surface area contributed by atoms with E-state index in [2.05, 4.69) is 16.8 Å². The number of halogens is 2. The first-order chi connectivity index (χ1) is 11.1. The molecule has 0 bridgehead atoms. The third-order valence-corrected chi connectivity index (χ3v) is 5.83. The van der Waals surface area contributed by atoms with E-state index in [9.17, 15) is 4.79 Å². The molecule has 2 aromatic rings. The SMILES string of the molecule is CC(Oc1cccc(Cl)c1Cl)C(=O)NCCSCc1cccs1. The van der Waals surface area contributed by atoms with Gasteiger partial charge in [-0.05, 0) is 30.5 Å². The minimum absolute atomic E-state index is 0.169. The van der Waals surface area contributed by atoms with Crippen LogP contribution in [-0.4, -0.2) is 24.3 Å². The lowest BCUT2D eigenvalue weighted by Gasteiger charge is -2.16. The van der Waals surface area contributed by atoms with E-state index in [1.165, 1.54) is 4.88 Å². The van der Waals surface area contributed by atoms with Gasteiger partial charge < -0.3 is 10.1 Å². The molecular formula is C16H17Cl2NO2S2. The van der Waals surface area contributed by atoms with Crippen LogP contribution in [-0.2, 0) is 10.5 Å². The summed E-state index contributed by atoms with van der Waals surface area (Å²) in [7, 11) is 0. The molecular weight excluding hydrogens is 373 g/mol. The van der Waals surface area contributed by atoms with E-state index in [0.717, 1.165) is 11.5 Å². The molecule has 1 atom stereocenters. The van der Waals surface area contributed by atoms with Crippen LogP contribution >= 0.6 is 46.3 Å². The molecule has 0 radical (unpaired) electrons. The summed E-state index contributed by atoms with van der Waals surface area (Å²) in [6, 6.07) is 9.25. The van der Waals surface area contributed by atoms with E-state index >= 15 is 0 Å². The first kappa shape index (κ1) is 18.5. The number of benzene rings is 1. The standard InChI is InChI=1S/C16H17Cl2NO2S2/c1-11(21-14-6-2-5-13(17)15(14)18)16(20)19-7-9-22-10-12-4-3-8-23-12/h2-6,8,11H,7,9-10H2,1H3,(H,19,20). The van der Waals surface area contributed by atoms with Crippen LogP contribution in [0, 0.1) is 0 Å². The number of rotatable bonds is 8. The molecule has 0 saturated carbocycles. The van der Waals surface area contributed by atoms with Crippen molar-refractivity contribution in [2.24, 2.45) is 0 Å². The van der Waals surface area contributed by atoms with E-state index in [4.69, 9.17) is 27.9 Å². The largest absolute Gasteiger partial charge is 0.479 e. The second kappa shape index (κ2) is 9.42. The summed E-state index contributed by atoms with van der Waals surface area (Å²) >= 11 is 15.5. The lowest BCUT2D eigenvalue weighted by Crippen LogP contribution is -2.37. The van der Waals surface area contributed by atoms with E-state index in [1.807, 2.05) is 6.07 Å². The first-order valence-electron chi connectivity index (χ1n) is 7.06. The Morgan fingerprint density at radius 2 is 2.17 bits per heavy atom. The fraction of sp³-hybridized carbons (Fsp3) is 0.312. The van der Waals surface area contributed by atoms with Crippen LogP contribution < -0.4 is 10.1 Å². The number of nitrogens with one attached hydrogen (secondary N) is 1. The lowest BCUT2D eigenvalue weighted by atomic mass is 10.3. The smallest absolute Gasteiger partial charge is 0.260 e. The van der Waals surface area contributed by atoms with Crippen molar-refractivity contribution in [1.82, 2.24) is 5.32 Å². The van der Waals surface area contributed by atoms with Crippen molar-refractivity contribution in [3.8, 4) is 5.75 Å². The maximum absolute atomic E-state index is 12.0. The zero-order valence-electron chi connectivity index (χ0n) is 12.6.